The van der Waals surface area contributed by atoms with Crippen LogP contribution in [-0.2, 0) is 29.0 Å². The molecule has 0 aromatic heterocycles. The van der Waals surface area contributed by atoms with E-state index in [0.717, 1.165) is 22.3 Å². The number of carbonyl (C=O) groups excluding carboxylic acids is 2. The summed E-state index contributed by atoms with van der Waals surface area (Å²) in [6, 6.07) is 32.9. The quantitative estimate of drug-likeness (QED) is 0.105. The Morgan fingerprint density at radius 2 is 0.975 bits per heavy atom. The lowest BCUT2D eigenvalue weighted by Crippen LogP contribution is -2.21. The Morgan fingerprint density at radius 1 is 0.525 bits per heavy atom. The molecule has 0 saturated carbocycles. The van der Waals surface area contributed by atoms with Gasteiger partial charge in [0.05, 0.1) is 24.3 Å². The second-order valence-corrected chi connectivity index (χ2v) is 8.34. The molecule has 0 aliphatic heterocycles. The average molecular weight is 541 g/mol. The second-order valence-electron chi connectivity index (χ2n) is 8.34. The highest BCUT2D eigenvalue weighted by Gasteiger charge is 2.22. The number of benzene rings is 4. The molecule has 2 radical (unpaired) electrons. The maximum absolute atomic E-state index is 12.7. The zero-order valence-corrected chi connectivity index (χ0v) is 21.7. The van der Waals surface area contributed by atoms with E-state index < -0.39 is 18.2 Å². The van der Waals surface area contributed by atoms with Crippen molar-refractivity contribution in [2.45, 2.75) is 0 Å². The Labute approximate surface area is 232 Å². The summed E-state index contributed by atoms with van der Waals surface area (Å²) in [6.07, 6.45) is -0.394. The van der Waals surface area contributed by atoms with Gasteiger partial charge >= 0.3 is 18.2 Å². The molecule has 0 unspecified atom stereocenters. The predicted octanol–water partition coefficient (Wildman–Crippen LogP) is 6.25. The molecule has 4 aromatic carbocycles. The first-order valence-corrected chi connectivity index (χ1v) is 12.5. The van der Waals surface area contributed by atoms with E-state index in [0.29, 0.717) is 0 Å². The molecule has 204 valence electrons. The third kappa shape index (κ3) is 8.59. The van der Waals surface area contributed by atoms with Gasteiger partial charge in [0, 0.05) is 6.61 Å². The number of hydrogen-bond acceptors (Lipinski definition) is 8. The summed E-state index contributed by atoms with van der Waals surface area (Å²) in [5.41, 5.74) is 4.04. The molecule has 0 spiro atoms. The number of ether oxygens (including phenoxy) is 2. The van der Waals surface area contributed by atoms with E-state index >= 15 is 0 Å². The van der Waals surface area contributed by atoms with Gasteiger partial charge < -0.3 is 9.47 Å². The van der Waals surface area contributed by atoms with Gasteiger partial charge in [-0.2, -0.15) is 0 Å². The summed E-state index contributed by atoms with van der Waals surface area (Å²) in [7, 11) is 0. The molecule has 0 fully saturated rings. The van der Waals surface area contributed by atoms with Crippen LogP contribution in [0.3, 0.4) is 0 Å². The van der Waals surface area contributed by atoms with E-state index in [2.05, 4.69) is 6.92 Å². The minimum absolute atomic E-state index is 0.172. The van der Waals surface area contributed by atoms with Gasteiger partial charge in [-0.3, -0.25) is 9.78 Å². The maximum Gasteiger partial charge on any atom is 0.373 e. The van der Waals surface area contributed by atoms with Gasteiger partial charge in [-0.05, 0) is 53.4 Å². The predicted molar refractivity (Wildman–Crippen MR) is 147 cm³/mol. The first-order chi connectivity index (χ1) is 19.6. The third-order valence-electron chi connectivity index (χ3n) is 5.57. The highest BCUT2D eigenvalue weighted by molar-refractivity contribution is 5.91. The number of carbonyl (C=O) groups is 2. The summed E-state index contributed by atoms with van der Waals surface area (Å²) < 4.78 is 10.5. The van der Waals surface area contributed by atoms with Crippen molar-refractivity contribution in [3.63, 3.8) is 0 Å². The maximum atomic E-state index is 12.7. The van der Waals surface area contributed by atoms with E-state index in [1.807, 2.05) is 72.8 Å². The average Bonchev–Trinajstić information content (AvgIpc) is 3.02. The normalized spacial score (nSPS) is 10.8. The lowest BCUT2D eigenvalue weighted by atomic mass is 10.0. The van der Waals surface area contributed by atoms with Gasteiger partial charge in [-0.25, -0.2) is 9.59 Å². The Morgan fingerprint density at radius 3 is 1.45 bits per heavy atom. The molecule has 0 aliphatic carbocycles. The van der Waals surface area contributed by atoms with Crippen molar-refractivity contribution in [3.05, 3.63) is 134 Å². The fourth-order valence-electron chi connectivity index (χ4n) is 3.61. The Balaban J connectivity index is 1.37. The lowest BCUT2D eigenvalue weighted by Gasteiger charge is -2.14. The van der Waals surface area contributed by atoms with E-state index in [1.54, 1.807) is 36.4 Å². The van der Waals surface area contributed by atoms with Gasteiger partial charge in [0.15, 0.2) is 0 Å². The fourth-order valence-corrected chi connectivity index (χ4v) is 3.61. The van der Waals surface area contributed by atoms with E-state index in [4.69, 9.17) is 29.0 Å². The van der Waals surface area contributed by atoms with Crippen LogP contribution in [-0.4, -0.2) is 38.4 Å². The highest BCUT2D eigenvalue weighted by Crippen LogP contribution is 2.22. The summed E-state index contributed by atoms with van der Waals surface area (Å²) in [4.78, 5) is 45.5. The first-order valence-electron chi connectivity index (χ1n) is 12.5. The third-order valence-corrected chi connectivity index (χ3v) is 5.57. The number of rotatable bonds is 14. The molecule has 0 atom stereocenters. The van der Waals surface area contributed by atoms with E-state index in [9.17, 15) is 9.59 Å². The van der Waals surface area contributed by atoms with Crippen LogP contribution in [0.2, 0.25) is 0 Å². The molecule has 4 rings (SSSR count). The standard InChI is InChI=1S/C32H28O8/c1-2-35-19-20-36-23-30(37-39-31(33)28-17-9-15-26(21-28)24-11-5-3-6-12-24)38-40-32(34)29-18-10-16-27(22-29)25-13-7-4-8-14-25/h3-18,21-22H,1-2,19-20,23H2. The minimum atomic E-state index is -0.777. The van der Waals surface area contributed by atoms with Crippen LogP contribution < -0.4 is 0 Å². The van der Waals surface area contributed by atoms with Crippen LogP contribution in [0, 0.1) is 13.2 Å². The van der Waals surface area contributed by atoms with Gasteiger partial charge in [0.2, 0.25) is 0 Å². The van der Waals surface area contributed by atoms with Crippen molar-refractivity contribution in [2.24, 2.45) is 0 Å². The number of hydrogen-bond donors (Lipinski definition) is 0. The highest BCUT2D eigenvalue weighted by atomic mass is 17.3. The van der Waals surface area contributed by atoms with Gasteiger partial charge in [-0.15, -0.1) is 9.78 Å². The van der Waals surface area contributed by atoms with Crippen LogP contribution >= 0.6 is 0 Å². The summed E-state index contributed by atoms with van der Waals surface area (Å²) in [5, 5.41) is 0. The SMILES string of the molecule is [CH2]COCCOC[C](OOC(=O)c1cccc(-c2ccccc2)c1)OOC(=O)c1cccc(-c2ccccc2)c1. The van der Waals surface area contributed by atoms with E-state index in [1.165, 1.54) is 0 Å². The molecule has 0 heterocycles. The zero-order chi connectivity index (χ0) is 28.0. The molecule has 0 bridgehead atoms. The monoisotopic (exact) mass is 540 g/mol. The van der Waals surface area contributed by atoms with Crippen molar-refractivity contribution in [1.82, 2.24) is 0 Å². The summed E-state index contributed by atoms with van der Waals surface area (Å²) in [5.74, 6) is -1.55. The molecule has 0 N–H and O–H groups in total. The summed E-state index contributed by atoms with van der Waals surface area (Å²) in [6.45, 7) is 4.01. The van der Waals surface area contributed by atoms with Crippen molar-refractivity contribution in [1.29, 1.82) is 0 Å². The molecule has 8 heteroatoms. The molecule has 0 saturated heterocycles. The van der Waals surface area contributed by atoms with Gasteiger partial charge in [0.25, 0.3) is 0 Å². The molecular weight excluding hydrogens is 512 g/mol. The molecule has 4 aromatic rings. The first kappa shape index (κ1) is 28.7. The molecule has 40 heavy (non-hydrogen) atoms. The second kappa shape index (κ2) is 15.3. The zero-order valence-electron chi connectivity index (χ0n) is 21.7. The van der Waals surface area contributed by atoms with Gasteiger partial charge in [0.1, 0.15) is 6.61 Å². The molecule has 0 amide bonds. The fraction of sp³-hybridized carbons (Fsp3) is 0.125. The smallest absolute Gasteiger partial charge is 0.373 e. The van der Waals surface area contributed by atoms with Crippen molar-refractivity contribution >= 4 is 11.9 Å². The van der Waals surface area contributed by atoms with Crippen LogP contribution in [0.4, 0.5) is 0 Å². The van der Waals surface area contributed by atoms with Crippen LogP contribution in [0.15, 0.2) is 109 Å². The van der Waals surface area contributed by atoms with Gasteiger partial charge in [-0.1, -0.05) is 84.9 Å². The Kier molecular flexibility index (Phi) is 11.0. The van der Waals surface area contributed by atoms with Crippen LogP contribution in [0.25, 0.3) is 22.3 Å². The molecular formula is C32H28O8. The van der Waals surface area contributed by atoms with Crippen molar-refractivity contribution in [3.8, 4) is 22.3 Å². The van der Waals surface area contributed by atoms with Crippen molar-refractivity contribution in [2.75, 3.05) is 26.4 Å². The van der Waals surface area contributed by atoms with Crippen LogP contribution in [0.1, 0.15) is 20.7 Å². The van der Waals surface area contributed by atoms with Crippen LogP contribution in [0.5, 0.6) is 0 Å². The lowest BCUT2D eigenvalue weighted by molar-refractivity contribution is -0.368. The minimum Gasteiger partial charge on any atom is -0.379 e. The summed E-state index contributed by atoms with van der Waals surface area (Å²) >= 11 is 0. The van der Waals surface area contributed by atoms with E-state index in [-0.39, 0.29) is 37.6 Å². The van der Waals surface area contributed by atoms with Crippen molar-refractivity contribution < 1.29 is 38.6 Å². The Bertz CT molecular complexity index is 1260. The molecule has 0 aliphatic rings. The largest absolute Gasteiger partial charge is 0.379 e. The Hall–Kier alpha value is -4.34. The topological polar surface area (TPSA) is 89.5 Å². The molecule has 8 nitrogen and oxygen atoms in total.